The largest absolute Gasteiger partial charge is 0.467 e. The van der Waals surface area contributed by atoms with E-state index in [0.717, 1.165) is 24.8 Å². The van der Waals surface area contributed by atoms with Crippen molar-refractivity contribution in [2.24, 2.45) is 0 Å². The second-order valence-corrected chi connectivity index (χ2v) is 5.79. The topological polar surface area (TPSA) is 38.3 Å². The molecule has 1 saturated carbocycles. The number of nitrogens with one attached hydrogen (secondary N) is 1. The molecule has 1 unspecified atom stereocenters. The van der Waals surface area contributed by atoms with Crippen LogP contribution in [0.15, 0.2) is 24.3 Å². The van der Waals surface area contributed by atoms with E-state index >= 15 is 0 Å². The Morgan fingerprint density at radius 1 is 1.30 bits per heavy atom. The summed E-state index contributed by atoms with van der Waals surface area (Å²) >= 11 is 0. The minimum absolute atomic E-state index is 0.214. The van der Waals surface area contributed by atoms with Gasteiger partial charge in [0.15, 0.2) is 0 Å². The lowest BCUT2D eigenvalue weighted by Crippen LogP contribution is -2.51. The number of ether oxygens (including phenoxy) is 1. The first-order chi connectivity index (χ1) is 9.60. The van der Waals surface area contributed by atoms with Gasteiger partial charge in [-0.2, -0.15) is 0 Å². The van der Waals surface area contributed by atoms with Crippen LogP contribution in [0.5, 0.6) is 0 Å². The summed E-state index contributed by atoms with van der Waals surface area (Å²) in [5, 5.41) is 3.52. The maximum absolute atomic E-state index is 12.3. The third kappa shape index (κ3) is 3.04. The number of carbonyl (C=O) groups excluding carboxylic acids is 1. The summed E-state index contributed by atoms with van der Waals surface area (Å²) in [6.45, 7) is 4.06. The zero-order chi connectivity index (χ0) is 14.6. The Hall–Kier alpha value is -1.35. The number of carbonyl (C=O) groups is 1. The number of hydrogen-bond donors (Lipinski definition) is 1. The van der Waals surface area contributed by atoms with E-state index in [1.54, 1.807) is 0 Å². The molecule has 1 aromatic rings. The molecule has 3 nitrogen and oxygen atoms in total. The molecule has 110 valence electrons. The molecule has 3 heteroatoms. The van der Waals surface area contributed by atoms with Gasteiger partial charge in [0.1, 0.15) is 5.54 Å². The predicted molar refractivity (Wildman–Crippen MR) is 80.6 cm³/mol. The standard InChI is InChI=1S/C17H25NO2/c1-4-13-9-11-14(12-10-13)17(2,16(19)20-3)18-15-7-5-6-8-15/h9-12,15,18H,4-8H2,1-3H3. The van der Waals surface area contributed by atoms with Crippen LogP contribution in [0.1, 0.15) is 50.7 Å². The molecule has 0 saturated heterocycles. The van der Waals surface area contributed by atoms with Crippen LogP contribution in [0.3, 0.4) is 0 Å². The molecule has 0 amide bonds. The number of esters is 1. The highest BCUT2D eigenvalue weighted by molar-refractivity contribution is 5.82. The Morgan fingerprint density at radius 3 is 2.40 bits per heavy atom. The maximum Gasteiger partial charge on any atom is 0.330 e. The summed E-state index contributed by atoms with van der Waals surface area (Å²) in [7, 11) is 1.46. The van der Waals surface area contributed by atoms with Crippen molar-refractivity contribution in [1.29, 1.82) is 0 Å². The van der Waals surface area contributed by atoms with E-state index in [1.165, 1.54) is 25.5 Å². The second-order valence-electron chi connectivity index (χ2n) is 5.79. The zero-order valence-corrected chi connectivity index (χ0v) is 12.7. The first-order valence-corrected chi connectivity index (χ1v) is 7.55. The Kier molecular flexibility index (Phi) is 4.81. The van der Waals surface area contributed by atoms with E-state index in [4.69, 9.17) is 4.74 Å². The van der Waals surface area contributed by atoms with E-state index in [2.05, 4.69) is 24.4 Å². The molecule has 1 atom stereocenters. The van der Waals surface area contributed by atoms with Gasteiger partial charge in [-0.3, -0.25) is 5.32 Å². The summed E-state index contributed by atoms with van der Waals surface area (Å²) in [6, 6.07) is 8.67. The van der Waals surface area contributed by atoms with Crippen LogP contribution in [-0.4, -0.2) is 19.1 Å². The molecular formula is C17H25NO2. The van der Waals surface area contributed by atoms with Gasteiger partial charge in [0, 0.05) is 6.04 Å². The van der Waals surface area contributed by atoms with Crippen LogP contribution in [0.25, 0.3) is 0 Å². The van der Waals surface area contributed by atoms with Crippen molar-refractivity contribution < 1.29 is 9.53 Å². The van der Waals surface area contributed by atoms with Crippen LogP contribution in [0.2, 0.25) is 0 Å². The van der Waals surface area contributed by atoms with Gasteiger partial charge < -0.3 is 4.74 Å². The average molecular weight is 275 g/mol. The van der Waals surface area contributed by atoms with Crippen molar-refractivity contribution in [3.05, 3.63) is 35.4 Å². The molecule has 1 aliphatic rings. The highest BCUT2D eigenvalue weighted by Gasteiger charge is 2.38. The number of methoxy groups -OCH3 is 1. The van der Waals surface area contributed by atoms with Gasteiger partial charge >= 0.3 is 5.97 Å². The summed E-state index contributed by atoms with van der Waals surface area (Å²) in [4.78, 5) is 12.3. The molecule has 1 aromatic carbocycles. The molecule has 0 heterocycles. The van der Waals surface area contributed by atoms with Crippen molar-refractivity contribution in [3.63, 3.8) is 0 Å². The molecular weight excluding hydrogens is 250 g/mol. The lowest BCUT2D eigenvalue weighted by Gasteiger charge is -2.32. The highest BCUT2D eigenvalue weighted by atomic mass is 16.5. The molecule has 20 heavy (non-hydrogen) atoms. The second kappa shape index (κ2) is 6.40. The first-order valence-electron chi connectivity index (χ1n) is 7.55. The van der Waals surface area contributed by atoms with E-state index < -0.39 is 5.54 Å². The SMILES string of the molecule is CCc1ccc(C(C)(NC2CCCC2)C(=O)OC)cc1. The third-order valence-electron chi connectivity index (χ3n) is 4.38. The van der Waals surface area contributed by atoms with Crippen LogP contribution in [0.4, 0.5) is 0 Å². The molecule has 0 bridgehead atoms. The van der Waals surface area contributed by atoms with Crippen molar-refractivity contribution in [1.82, 2.24) is 5.32 Å². The Balaban J connectivity index is 2.26. The number of hydrogen-bond acceptors (Lipinski definition) is 3. The number of aryl methyl sites for hydroxylation is 1. The van der Waals surface area contributed by atoms with E-state index in [1.807, 2.05) is 19.1 Å². The van der Waals surface area contributed by atoms with E-state index in [-0.39, 0.29) is 5.97 Å². The normalized spacial score (nSPS) is 18.8. The van der Waals surface area contributed by atoms with Crippen LogP contribution in [0, 0.1) is 0 Å². The van der Waals surface area contributed by atoms with Gasteiger partial charge in [0.25, 0.3) is 0 Å². The summed E-state index contributed by atoms with van der Waals surface area (Å²) in [5.41, 5.74) is 1.51. The van der Waals surface area contributed by atoms with Crippen LogP contribution >= 0.6 is 0 Å². The lowest BCUT2D eigenvalue weighted by molar-refractivity contribution is -0.148. The fourth-order valence-electron chi connectivity index (χ4n) is 3.02. The van der Waals surface area contributed by atoms with Crippen molar-refractivity contribution in [2.75, 3.05) is 7.11 Å². The van der Waals surface area contributed by atoms with Gasteiger partial charge in [0.05, 0.1) is 7.11 Å². The summed E-state index contributed by atoms with van der Waals surface area (Å²) in [6.07, 6.45) is 5.76. The molecule has 0 radical (unpaired) electrons. The highest BCUT2D eigenvalue weighted by Crippen LogP contribution is 2.28. The van der Waals surface area contributed by atoms with Crippen molar-refractivity contribution in [3.8, 4) is 0 Å². The van der Waals surface area contributed by atoms with Crippen LogP contribution in [-0.2, 0) is 21.5 Å². The van der Waals surface area contributed by atoms with E-state index in [9.17, 15) is 4.79 Å². The van der Waals surface area contributed by atoms with Gasteiger partial charge in [0.2, 0.25) is 0 Å². The predicted octanol–water partition coefficient (Wildman–Crippen LogP) is 3.17. The van der Waals surface area contributed by atoms with Crippen molar-refractivity contribution >= 4 is 5.97 Å². The zero-order valence-electron chi connectivity index (χ0n) is 12.7. The fourth-order valence-corrected chi connectivity index (χ4v) is 3.02. The smallest absolute Gasteiger partial charge is 0.330 e. The molecule has 1 aliphatic carbocycles. The Bertz CT molecular complexity index is 449. The van der Waals surface area contributed by atoms with Crippen molar-refractivity contribution in [2.45, 2.75) is 57.5 Å². The Morgan fingerprint density at radius 2 is 1.90 bits per heavy atom. The Labute approximate surface area is 121 Å². The van der Waals surface area contributed by atoms with Gasteiger partial charge in [-0.05, 0) is 37.3 Å². The van der Waals surface area contributed by atoms with Gasteiger partial charge in [-0.15, -0.1) is 0 Å². The van der Waals surface area contributed by atoms with Gasteiger partial charge in [-0.25, -0.2) is 4.79 Å². The third-order valence-corrected chi connectivity index (χ3v) is 4.38. The minimum Gasteiger partial charge on any atom is -0.467 e. The maximum atomic E-state index is 12.3. The minimum atomic E-state index is -0.754. The molecule has 1 N–H and O–H groups in total. The van der Waals surface area contributed by atoms with E-state index in [0.29, 0.717) is 6.04 Å². The molecule has 0 spiro atoms. The molecule has 1 fully saturated rings. The quantitative estimate of drug-likeness (QED) is 0.839. The van der Waals surface area contributed by atoms with Gasteiger partial charge in [-0.1, -0.05) is 44.0 Å². The summed E-state index contributed by atoms with van der Waals surface area (Å²) < 4.78 is 5.04. The van der Waals surface area contributed by atoms with Crippen LogP contribution < -0.4 is 5.32 Å². The number of benzene rings is 1. The average Bonchev–Trinajstić information content (AvgIpc) is 2.99. The molecule has 0 aromatic heterocycles. The summed E-state index contributed by atoms with van der Waals surface area (Å²) in [5.74, 6) is -0.214. The lowest BCUT2D eigenvalue weighted by atomic mass is 9.89. The first kappa shape index (κ1) is 15.0. The number of rotatable bonds is 5. The fraction of sp³-hybridized carbons (Fsp3) is 0.588. The monoisotopic (exact) mass is 275 g/mol. The molecule has 0 aliphatic heterocycles. The molecule has 2 rings (SSSR count).